The SMILES string of the molecule is CO[C@H]1CO[C@](C)(c2ccc3c(c2)N(C(=O)[C@H]2CC[C@H](OC(C)C)CO2)Cc2cccnc2N3)C1. The molecule has 3 aliphatic rings. The van der Waals surface area contributed by atoms with Gasteiger partial charge >= 0.3 is 0 Å². The van der Waals surface area contributed by atoms with Crippen LogP contribution in [0.3, 0.4) is 0 Å². The van der Waals surface area contributed by atoms with Gasteiger partial charge in [-0.05, 0) is 57.4 Å². The minimum Gasteiger partial charge on any atom is -0.379 e. The lowest BCUT2D eigenvalue weighted by atomic mass is 9.91. The van der Waals surface area contributed by atoms with Gasteiger partial charge in [-0.3, -0.25) is 4.79 Å². The number of carbonyl (C=O) groups excluding carboxylic acids is 1. The van der Waals surface area contributed by atoms with Gasteiger partial charge in [-0.15, -0.1) is 0 Å². The summed E-state index contributed by atoms with van der Waals surface area (Å²) in [5.41, 5.74) is 3.13. The number of nitrogens with zero attached hydrogens (tertiary/aromatic N) is 2. The molecule has 35 heavy (non-hydrogen) atoms. The molecule has 0 radical (unpaired) electrons. The van der Waals surface area contributed by atoms with Crippen molar-refractivity contribution in [1.82, 2.24) is 4.98 Å². The van der Waals surface area contributed by atoms with Crippen molar-refractivity contribution in [2.45, 2.75) is 76.6 Å². The largest absolute Gasteiger partial charge is 0.379 e. The smallest absolute Gasteiger partial charge is 0.256 e. The van der Waals surface area contributed by atoms with E-state index in [-0.39, 0.29) is 24.2 Å². The van der Waals surface area contributed by atoms with Gasteiger partial charge in [0.05, 0.1) is 55.0 Å². The van der Waals surface area contributed by atoms with Crippen LogP contribution in [0.15, 0.2) is 36.5 Å². The Labute approximate surface area is 206 Å². The van der Waals surface area contributed by atoms with Crippen LogP contribution in [-0.4, -0.2) is 55.6 Å². The summed E-state index contributed by atoms with van der Waals surface area (Å²) in [6, 6.07) is 10.0. The summed E-state index contributed by atoms with van der Waals surface area (Å²) in [5, 5.41) is 3.44. The molecule has 0 saturated carbocycles. The number of nitrogens with one attached hydrogen (secondary N) is 1. The maximum atomic E-state index is 13.9. The summed E-state index contributed by atoms with van der Waals surface area (Å²) in [6.07, 6.45) is 3.67. The molecule has 8 heteroatoms. The molecule has 0 aliphatic carbocycles. The first-order chi connectivity index (χ1) is 16.9. The molecule has 2 fully saturated rings. The molecular formula is C27H35N3O5. The Kier molecular flexibility index (Phi) is 6.81. The lowest BCUT2D eigenvalue weighted by Crippen LogP contribution is -2.44. The van der Waals surface area contributed by atoms with Crippen LogP contribution >= 0.6 is 0 Å². The molecule has 4 atom stereocenters. The predicted octanol–water partition coefficient (Wildman–Crippen LogP) is 4.29. The molecule has 188 valence electrons. The maximum absolute atomic E-state index is 13.9. The molecule has 1 amide bonds. The van der Waals surface area contributed by atoms with Gasteiger partial charge in [-0.25, -0.2) is 4.98 Å². The molecule has 0 unspecified atom stereocenters. The molecule has 2 saturated heterocycles. The second-order valence-corrected chi connectivity index (χ2v) is 10.1. The number of anilines is 3. The number of benzene rings is 1. The van der Waals surface area contributed by atoms with Crippen LogP contribution in [0.5, 0.6) is 0 Å². The highest BCUT2D eigenvalue weighted by atomic mass is 16.6. The number of pyridine rings is 1. The molecule has 0 spiro atoms. The van der Waals surface area contributed by atoms with E-state index >= 15 is 0 Å². The quantitative estimate of drug-likeness (QED) is 0.682. The second-order valence-electron chi connectivity index (χ2n) is 10.1. The fourth-order valence-corrected chi connectivity index (χ4v) is 5.22. The molecule has 4 heterocycles. The summed E-state index contributed by atoms with van der Waals surface area (Å²) >= 11 is 0. The molecule has 2 aromatic rings. The van der Waals surface area contributed by atoms with Crippen LogP contribution in [0.1, 0.15) is 51.2 Å². The van der Waals surface area contributed by atoms with Crippen LogP contribution in [0.4, 0.5) is 17.2 Å². The monoisotopic (exact) mass is 481 g/mol. The minimum absolute atomic E-state index is 0.0295. The fraction of sp³-hybridized carbons (Fsp3) is 0.556. The van der Waals surface area contributed by atoms with Crippen molar-refractivity contribution in [3.63, 3.8) is 0 Å². The van der Waals surface area contributed by atoms with E-state index in [4.69, 9.17) is 18.9 Å². The molecule has 8 nitrogen and oxygen atoms in total. The van der Waals surface area contributed by atoms with Crippen molar-refractivity contribution in [2.24, 2.45) is 0 Å². The highest BCUT2D eigenvalue weighted by Crippen LogP contribution is 2.42. The average molecular weight is 482 g/mol. The highest BCUT2D eigenvalue weighted by Gasteiger charge is 2.40. The number of hydrogen-bond donors (Lipinski definition) is 1. The summed E-state index contributed by atoms with van der Waals surface area (Å²) < 4.78 is 23.6. The number of fused-ring (bicyclic) bond motifs is 2. The van der Waals surface area contributed by atoms with E-state index in [1.54, 1.807) is 13.3 Å². The van der Waals surface area contributed by atoms with E-state index in [2.05, 4.69) is 29.4 Å². The number of aromatic nitrogens is 1. The van der Waals surface area contributed by atoms with Crippen molar-refractivity contribution in [3.05, 3.63) is 47.7 Å². The molecule has 1 aromatic heterocycles. The number of methoxy groups -OCH3 is 1. The summed E-state index contributed by atoms with van der Waals surface area (Å²) in [7, 11) is 1.71. The first kappa shape index (κ1) is 24.2. The van der Waals surface area contributed by atoms with Crippen LogP contribution in [0.2, 0.25) is 0 Å². The Morgan fingerprint density at radius 3 is 2.80 bits per heavy atom. The van der Waals surface area contributed by atoms with Gasteiger partial charge in [0.15, 0.2) is 0 Å². The van der Waals surface area contributed by atoms with Crippen LogP contribution in [0, 0.1) is 0 Å². The van der Waals surface area contributed by atoms with Crippen molar-refractivity contribution in [1.29, 1.82) is 0 Å². The molecule has 5 rings (SSSR count). The number of amides is 1. The van der Waals surface area contributed by atoms with E-state index in [0.29, 0.717) is 26.2 Å². The molecule has 3 aliphatic heterocycles. The highest BCUT2D eigenvalue weighted by molar-refractivity contribution is 6.01. The third-order valence-electron chi connectivity index (χ3n) is 7.15. The zero-order valence-corrected chi connectivity index (χ0v) is 21.0. The number of ether oxygens (including phenoxy) is 4. The summed E-state index contributed by atoms with van der Waals surface area (Å²) in [6.45, 7) is 7.51. The lowest BCUT2D eigenvalue weighted by Gasteiger charge is -2.33. The third-order valence-corrected chi connectivity index (χ3v) is 7.15. The van der Waals surface area contributed by atoms with Crippen molar-refractivity contribution >= 4 is 23.1 Å². The van der Waals surface area contributed by atoms with Crippen molar-refractivity contribution < 1.29 is 23.7 Å². The van der Waals surface area contributed by atoms with E-state index in [1.165, 1.54) is 0 Å². The van der Waals surface area contributed by atoms with Gasteiger partial charge in [0, 0.05) is 25.3 Å². The number of carbonyl (C=O) groups is 1. The standard InChI is InChI=1S/C27H35N3O5/c1-17(2)35-20-8-10-24(33-15-20)26(31)30-14-18-6-5-11-28-25(18)29-22-9-7-19(12-23(22)30)27(3)13-21(32-4)16-34-27/h5-7,9,11-12,17,20-21,24H,8,10,13-16H2,1-4H3,(H,28,29)/t20-,21+,24+,27-/m0/s1. The van der Waals surface area contributed by atoms with Gasteiger partial charge in [0.1, 0.15) is 11.9 Å². The Morgan fingerprint density at radius 1 is 1.23 bits per heavy atom. The van der Waals surface area contributed by atoms with E-state index in [9.17, 15) is 4.79 Å². The van der Waals surface area contributed by atoms with Crippen LogP contribution < -0.4 is 10.2 Å². The molecule has 1 N–H and O–H groups in total. The van der Waals surface area contributed by atoms with Crippen LogP contribution in [-0.2, 0) is 35.9 Å². The van der Waals surface area contributed by atoms with Gasteiger partial charge < -0.3 is 29.2 Å². The Balaban J connectivity index is 1.46. The topological polar surface area (TPSA) is 82.2 Å². The van der Waals surface area contributed by atoms with Gasteiger partial charge in [-0.1, -0.05) is 12.1 Å². The second kappa shape index (κ2) is 9.85. The maximum Gasteiger partial charge on any atom is 0.256 e. The Hall–Kier alpha value is -2.52. The Bertz CT molecular complexity index is 1070. The third kappa shape index (κ3) is 4.93. The fourth-order valence-electron chi connectivity index (χ4n) is 5.22. The lowest BCUT2D eigenvalue weighted by molar-refractivity contribution is -0.143. The number of hydrogen-bond acceptors (Lipinski definition) is 7. The first-order valence-electron chi connectivity index (χ1n) is 12.5. The van der Waals surface area contributed by atoms with E-state index in [0.717, 1.165) is 41.2 Å². The van der Waals surface area contributed by atoms with Gasteiger partial charge in [0.2, 0.25) is 0 Å². The molecule has 0 bridgehead atoms. The summed E-state index contributed by atoms with van der Waals surface area (Å²) in [4.78, 5) is 20.2. The zero-order chi connectivity index (χ0) is 24.6. The Morgan fingerprint density at radius 2 is 2.09 bits per heavy atom. The van der Waals surface area contributed by atoms with Crippen molar-refractivity contribution in [2.75, 3.05) is 30.5 Å². The zero-order valence-electron chi connectivity index (χ0n) is 21.0. The first-order valence-corrected chi connectivity index (χ1v) is 12.5. The molecule has 1 aromatic carbocycles. The minimum atomic E-state index is -0.507. The van der Waals surface area contributed by atoms with Gasteiger partial charge in [0.25, 0.3) is 5.91 Å². The van der Waals surface area contributed by atoms with E-state index in [1.807, 2.05) is 36.9 Å². The molecular weight excluding hydrogens is 446 g/mol. The normalized spacial score (nSPS) is 28.3. The average Bonchev–Trinajstić information content (AvgIpc) is 3.17. The van der Waals surface area contributed by atoms with E-state index < -0.39 is 11.7 Å². The number of rotatable bonds is 5. The van der Waals surface area contributed by atoms with Crippen molar-refractivity contribution in [3.8, 4) is 0 Å². The van der Waals surface area contributed by atoms with Gasteiger partial charge in [-0.2, -0.15) is 0 Å². The van der Waals surface area contributed by atoms with Crippen LogP contribution in [0.25, 0.3) is 0 Å². The summed E-state index contributed by atoms with van der Waals surface area (Å²) in [5.74, 6) is 0.715. The predicted molar refractivity (Wildman–Crippen MR) is 133 cm³/mol.